The Morgan fingerprint density at radius 3 is 2.70 bits per heavy atom. The lowest BCUT2D eigenvalue weighted by Gasteiger charge is -2.13. The highest BCUT2D eigenvalue weighted by atomic mass is 32.1. The van der Waals surface area contributed by atoms with Crippen LogP contribution in [0.2, 0.25) is 0 Å². The third kappa shape index (κ3) is 1.52. The van der Waals surface area contributed by atoms with E-state index < -0.39 is 0 Å². The predicted molar refractivity (Wildman–Crippen MR) is 86.0 cm³/mol. The Labute approximate surface area is 133 Å². The number of nitrogens with zero attached hydrogens (tertiary/aromatic N) is 2. The van der Waals surface area contributed by atoms with Crippen molar-refractivity contribution in [2.24, 2.45) is 0 Å². The molecule has 0 bridgehead atoms. The van der Waals surface area contributed by atoms with E-state index in [4.69, 9.17) is 0 Å². The van der Waals surface area contributed by atoms with E-state index >= 15 is 0 Å². The first-order chi connectivity index (χ1) is 11.1. The second kappa shape index (κ2) is 4.14. The first-order valence-electron chi connectivity index (χ1n) is 7.17. The van der Waals surface area contributed by atoms with E-state index in [1.165, 1.54) is 15.9 Å². The van der Waals surface area contributed by atoms with E-state index in [1.54, 1.807) is 18.2 Å². The molecule has 1 amide bonds. The first kappa shape index (κ1) is 12.7. The topological polar surface area (TPSA) is 81.1 Å². The summed E-state index contributed by atoms with van der Waals surface area (Å²) in [5.41, 5.74) is 2.32. The number of amides is 1. The number of aromatic nitrogens is 2. The van der Waals surface area contributed by atoms with Gasteiger partial charge in [-0.1, -0.05) is 18.2 Å². The number of thiophene rings is 1. The number of hydrogen-bond acceptors (Lipinski definition) is 5. The van der Waals surface area contributed by atoms with Gasteiger partial charge in [-0.25, -0.2) is 0 Å². The number of benzene rings is 1. The molecule has 2 aromatic heterocycles. The normalized spacial score (nSPS) is 15.3. The third-order valence-electron chi connectivity index (χ3n) is 4.27. The van der Waals surface area contributed by atoms with Gasteiger partial charge >= 0.3 is 0 Å². The van der Waals surface area contributed by atoms with Crippen molar-refractivity contribution in [3.63, 3.8) is 0 Å². The van der Waals surface area contributed by atoms with Crippen molar-refractivity contribution in [2.45, 2.75) is 12.8 Å². The summed E-state index contributed by atoms with van der Waals surface area (Å²) in [5, 5.41) is 3.44. The Morgan fingerprint density at radius 2 is 1.87 bits per heavy atom. The highest BCUT2D eigenvalue weighted by Gasteiger charge is 2.33. The van der Waals surface area contributed by atoms with Crippen LogP contribution in [0.3, 0.4) is 0 Å². The van der Waals surface area contributed by atoms with Crippen molar-refractivity contribution < 1.29 is 9.59 Å². The molecule has 5 rings (SSSR count). The van der Waals surface area contributed by atoms with Crippen LogP contribution in [0.25, 0.3) is 21.6 Å². The van der Waals surface area contributed by atoms with Gasteiger partial charge in [-0.15, -0.1) is 11.3 Å². The number of anilines is 1. The Bertz CT molecular complexity index is 1110. The third-order valence-corrected chi connectivity index (χ3v) is 5.40. The van der Waals surface area contributed by atoms with E-state index in [9.17, 15) is 14.4 Å². The summed E-state index contributed by atoms with van der Waals surface area (Å²) in [6.45, 7) is 0. The van der Waals surface area contributed by atoms with Gasteiger partial charge in [0.1, 0.15) is 9.70 Å². The molecule has 1 N–H and O–H groups in total. The maximum atomic E-state index is 12.8. The molecular formula is C16H9N3O3S. The molecule has 112 valence electrons. The molecule has 0 atom stereocenters. The fourth-order valence-electron chi connectivity index (χ4n) is 3.26. The van der Waals surface area contributed by atoms with Crippen LogP contribution in [-0.2, 0) is 11.2 Å². The zero-order valence-electron chi connectivity index (χ0n) is 11.8. The van der Waals surface area contributed by atoms with Gasteiger partial charge < -0.3 is 5.32 Å². The smallest absolute Gasteiger partial charge is 0.291 e. The Hall–Kier alpha value is -2.80. The summed E-state index contributed by atoms with van der Waals surface area (Å²) in [5.74, 6) is 0.145. The number of nitrogens with one attached hydrogen (secondary N) is 1. The molecule has 0 aliphatic carbocycles. The van der Waals surface area contributed by atoms with Gasteiger partial charge in [0.2, 0.25) is 5.91 Å². The molecule has 4 heterocycles. The molecule has 3 aromatic rings. The van der Waals surface area contributed by atoms with E-state index in [-0.39, 0.29) is 17.4 Å². The van der Waals surface area contributed by atoms with Gasteiger partial charge in [-0.3, -0.25) is 19.0 Å². The minimum Gasteiger partial charge on any atom is -0.317 e. The minimum absolute atomic E-state index is 0.0688. The molecule has 0 saturated carbocycles. The van der Waals surface area contributed by atoms with Crippen LogP contribution in [0, 0.1) is 0 Å². The summed E-state index contributed by atoms with van der Waals surface area (Å²) < 4.78 is 1.94. The van der Waals surface area contributed by atoms with Crippen molar-refractivity contribution in [3.8, 4) is 11.4 Å². The standard InChI is InChI=1S/C16H9N3O3S/c20-10-6-5-9-11-12(23-15(9)17-10)14(21)18-13-7-3-1-2-4-8(7)16(22)19(11)13/h1-4H,5-6H2,(H,17,20). The second-order valence-corrected chi connectivity index (χ2v) is 6.58. The molecule has 0 radical (unpaired) electrons. The van der Waals surface area contributed by atoms with E-state index in [2.05, 4.69) is 10.3 Å². The molecule has 0 fully saturated rings. The van der Waals surface area contributed by atoms with Crippen molar-refractivity contribution in [2.75, 3.05) is 5.32 Å². The fourth-order valence-corrected chi connectivity index (χ4v) is 4.40. The van der Waals surface area contributed by atoms with E-state index in [1.807, 2.05) is 6.07 Å². The van der Waals surface area contributed by atoms with Crippen LogP contribution in [0.15, 0.2) is 29.1 Å². The molecule has 6 nitrogen and oxygen atoms in total. The summed E-state index contributed by atoms with van der Waals surface area (Å²) >= 11 is 1.20. The highest BCUT2D eigenvalue weighted by molar-refractivity contribution is 7.23. The van der Waals surface area contributed by atoms with E-state index in [0.717, 1.165) is 5.56 Å². The molecule has 1 aromatic carbocycles. The van der Waals surface area contributed by atoms with Gasteiger partial charge in [0.05, 0.1) is 11.1 Å². The maximum Gasteiger partial charge on any atom is 0.291 e. The predicted octanol–water partition coefficient (Wildman–Crippen LogP) is 2.01. The Morgan fingerprint density at radius 1 is 1.09 bits per heavy atom. The molecule has 0 spiro atoms. The van der Waals surface area contributed by atoms with Crippen LogP contribution >= 0.6 is 11.3 Å². The van der Waals surface area contributed by atoms with Gasteiger partial charge in [0, 0.05) is 17.5 Å². The average molecular weight is 323 g/mol. The quantitative estimate of drug-likeness (QED) is 0.537. The fraction of sp³-hybridized carbons (Fsp3) is 0.125. The summed E-state index contributed by atoms with van der Waals surface area (Å²) in [6.07, 6.45) is 0.875. The maximum absolute atomic E-state index is 12.8. The van der Waals surface area contributed by atoms with Crippen molar-refractivity contribution in [1.29, 1.82) is 0 Å². The first-order valence-corrected chi connectivity index (χ1v) is 7.99. The number of carbonyl (C=O) groups excluding carboxylic acids is 2. The summed E-state index contributed by atoms with van der Waals surface area (Å²) in [4.78, 5) is 40.9. The zero-order valence-corrected chi connectivity index (χ0v) is 12.6. The second-order valence-electron chi connectivity index (χ2n) is 5.56. The number of hydrogen-bond donors (Lipinski definition) is 1. The summed E-state index contributed by atoms with van der Waals surface area (Å²) in [7, 11) is 0. The lowest BCUT2D eigenvalue weighted by atomic mass is 10.1. The molecule has 0 saturated heterocycles. The molecule has 7 heteroatoms. The molecule has 2 aliphatic rings. The number of fused-ring (bicyclic) bond motifs is 7. The average Bonchev–Trinajstić information content (AvgIpc) is 3.05. The number of rotatable bonds is 0. The SMILES string of the molecule is O=C1CCc2c(sc3c(=O)nc4n(c23)C(=O)c2ccccc2-4)N1. The minimum atomic E-state index is -0.357. The number of carbonyl (C=O) groups is 2. The molecule has 2 aliphatic heterocycles. The molecule has 0 unspecified atom stereocenters. The van der Waals surface area contributed by atoms with Gasteiger partial charge in [-0.2, -0.15) is 4.98 Å². The Balaban J connectivity index is 1.94. The Kier molecular flexibility index (Phi) is 2.29. The van der Waals surface area contributed by atoms with Gasteiger partial charge in [-0.05, 0) is 12.5 Å². The van der Waals surface area contributed by atoms with Crippen LogP contribution in [-0.4, -0.2) is 21.4 Å². The van der Waals surface area contributed by atoms with Crippen LogP contribution in [0.1, 0.15) is 22.3 Å². The highest BCUT2D eigenvalue weighted by Crippen LogP contribution is 2.40. The lowest BCUT2D eigenvalue weighted by Crippen LogP contribution is -2.19. The van der Waals surface area contributed by atoms with Gasteiger partial charge in [0.15, 0.2) is 5.82 Å². The number of aryl methyl sites for hydroxylation is 1. The van der Waals surface area contributed by atoms with Gasteiger partial charge in [0.25, 0.3) is 11.5 Å². The largest absolute Gasteiger partial charge is 0.317 e. The van der Waals surface area contributed by atoms with Crippen LogP contribution in [0.5, 0.6) is 0 Å². The van der Waals surface area contributed by atoms with Crippen LogP contribution < -0.4 is 10.9 Å². The van der Waals surface area contributed by atoms with Crippen molar-refractivity contribution >= 4 is 38.4 Å². The summed E-state index contributed by atoms with van der Waals surface area (Å²) in [6, 6.07) is 7.15. The zero-order chi connectivity index (χ0) is 15.7. The monoisotopic (exact) mass is 323 g/mol. The van der Waals surface area contributed by atoms with E-state index in [0.29, 0.717) is 45.0 Å². The molecular weight excluding hydrogens is 314 g/mol. The van der Waals surface area contributed by atoms with Crippen molar-refractivity contribution in [1.82, 2.24) is 9.55 Å². The lowest BCUT2D eigenvalue weighted by molar-refractivity contribution is -0.116. The van der Waals surface area contributed by atoms with Crippen LogP contribution in [0.4, 0.5) is 5.00 Å². The molecule has 23 heavy (non-hydrogen) atoms. The van der Waals surface area contributed by atoms with Crippen molar-refractivity contribution in [3.05, 3.63) is 45.7 Å².